The summed E-state index contributed by atoms with van der Waals surface area (Å²) in [5.74, 6) is 3.02. The number of anilines is 1. The van der Waals surface area contributed by atoms with Crippen LogP contribution in [0.4, 0.5) is 5.82 Å². The molecule has 7 heteroatoms. The Balaban J connectivity index is 1.47. The number of aromatic nitrogens is 1. The summed E-state index contributed by atoms with van der Waals surface area (Å²) >= 11 is 0. The average molecular weight is 352 g/mol. The fraction of sp³-hybridized carbons (Fsp3) is 0.684. The van der Waals surface area contributed by atoms with Crippen LogP contribution in [0.15, 0.2) is 11.3 Å². The van der Waals surface area contributed by atoms with Gasteiger partial charge in [-0.25, -0.2) is 4.98 Å². The minimum atomic E-state index is -0.788. The van der Waals surface area contributed by atoms with Crippen molar-refractivity contribution in [2.24, 2.45) is 28.8 Å². The van der Waals surface area contributed by atoms with E-state index in [9.17, 15) is 10.1 Å². The predicted molar refractivity (Wildman–Crippen MR) is 100 cm³/mol. The van der Waals surface area contributed by atoms with E-state index in [0.29, 0.717) is 29.7 Å². The molecule has 3 unspecified atom stereocenters. The second kappa shape index (κ2) is 5.01. The summed E-state index contributed by atoms with van der Waals surface area (Å²) in [6.07, 6.45) is 7.95. The molecule has 4 fully saturated rings. The van der Waals surface area contributed by atoms with Crippen molar-refractivity contribution in [3.05, 3.63) is 17.3 Å². The van der Waals surface area contributed by atoms with Gasteiger partial charge in [0.1, 0.15) is 5.82 Å². The molecule has 136 valence electrons. The van der Waals surface area contributed by atoms with E-state index in [0.717, 1.165) is 48.2 Å². The molecule has 4 saturated carbocycles. The number of hydrazone groups is 1. The topological polar surface area (TPSA) is 89.8 Å². The average Bonchev–Trinajstić information content (AvgIpc) is 2.95. The van der Waals surface area contributed by atoms with Gasteiger partial charge < -0.3 is 20.8 Å². The molecular formula is C19H25BN4O2. The Kier molecular flexibility index (Phi) is 2.98. The smallest absolute Gasteiger partial charge is 0.428 e. The lowest BCUT2D eigenvalue weighted by atomic mass is 9.48. The Morgan fingerprint density at radius 3 is 2.73 bits per heavy atom. The van der Waals surface area contributed by atoms with Crippen molar-refractivity contribution >= 4 is 24.0 Å². The van der Waals surface area contributed by atoms with Crippen LogP contribution in [0.25, 0.3) is 0 Å². The lowest BCUT2D eigenvalue weighted by molar-refractivity contribution is -0.137. The molecule has 1 aromatic heterocycles. The second-order valence-electron chi connectivity index (χ2n) is 9.41. The van der Waals surface area contributed by atoms with E-state index in [1.807, 2.05) is 0 Å². The zero-order valence-electron chi connectivity index (χ0n) is 15.1. The minimum absolute atomic E-state index is 0.358. The molecule has 0 spiro atoms. The van der Waals surface area contributed by atoms with Gasteiger partial charge in [-0.05, 0) is 63.2 Å². The maximum absolute atomic E-state index is 10.9. The molecular weight excluding hydrogens is 327 g/mol. The van der Waals surface area contributed by atoms with Crippen molar-refractivity contribution in [1.29, 1.82) is 0 Å². The fourth-order valence-corrected chi connectivity index (χ4v) is 6.92. The van der Waals surface area contributed by atoms with Crippen molar-refractivity contribution in [1.82, 2.24) is 10.3 Å². The van der Waals surface area contributed by atoms with Gasteiger partial charge in [-0.3, -0.25) is 0 Å². The number of fused-ring (bicyclic) bond motifs is 3. The zero-order valence-corrected chi connectivity index (χ0v) is 15.1. The molecule has 6 aliphatic rings. The number of nitrogens with zero attached hydrogens (tertiary/aromatic N) is 2. The van der Waals surface area contributed by atoms with Gasteiger partial charge >= 0.3 is 7.05 Å². The van der Waals surface area contributed by atoms with Gasteiger partial charge in [0.15, 0.2) is 0 Å². The Morgan fingerprint density at radius 2 is 2.00 bits per heavy atom. The number of hydrogen-bond acceptors (Lipinski definition) is 6. The highest BCUT2D eigenvalue weighted by Gasteiger charge is 2.56. The fourth-order valence-electron chi connectivity index (χ4n) is 6.92. The highest BCUT2D eigenvalue weighted by atomic mass is 16.3. The van der Waals surface area contributed by atoms with Gasteiger partial charge in [0.2, 0.25) is 0 Å². The van der Waals surface area contributed by atoms with Crippen molar-refractivity contribution < 1.29 is 10.1 Å². The standard InChI is InChI=1S/C19H25BN4O2/c1-9-2-13-16-14(8-21-18(13)22-9)20(26)24-23-17(16)15-11-3-10-4-12(15)7-19(25,5-10)6-11/h8-12,15,24-26H,2-7H2,1H3,(H,21,22)/t9?,10?,11?,12?,15-,19+. The van der Waals surface area contributed by atoms with Crippen molar-refractivity contribution in [3.8, 4) is 0 Å². The molecule has 6 nitrogen and oxygen atoms in total. The summed E-state index contributed by atoms with van der Waals surface area (Å²) in [6.45, 7) is 2.17. The first-order chi connectivity index (χ1) is 12.5. The molecule has 4 bridgehead atoms. The van der Waals surface area contributed by atoms with Gasteiger partial charge in [0.25, 0.3) is 0 Å². The third-order valence-corrected chi connectivity index (χ3v) is 7.52. The summed E-state index contributed by atoms with van der Waals surface area (Å²) < 4.78 is 0. The Morgan fingerprint density at radius 1 is 1.23 bits per heavy atom. The molecule has 0 radical (unpaired) electrons. The molecule has 3 heterocycles. The van der Waals surface area contributed by atoms with Crippen LogP contribution in [0.2, 0.25) is 0 Å². The molecule has 0 saturated heterocycles. The second-order valence-corrected chi connectivity index (χ2v) is 9.41. The Bertz CT molecular complexity index is 812. The maximum atomic E-state index is 10.9. The first-order valence-corrected chi connectivity index (χ1v) is 10.0. The molecule has 2 aliphatic heterocycles. The molecule has 3 atom stereocenters. The van der Waals surface area contributed by atoms with E-state index in [1.54, 1.807) is 6.20 Å². The third kappa shape index (κ3) is 2.01. The molecule has 4 N–H and O–H groups in total. The molecule has 4 aliphatic carbocycles. The SMILES string of the molecule is CC1Cc2c(ncc3c2C([C@H]2C4CC5CC2C[C@@](O)(C5)C4)=NNB3O)N1. The minimum Gasteiger partial charge on any atom is -0.428 e. The van der Waals surface area contributed by atoms with Crippen LogP contribution in [-0.2, 0) is 6.42 Å². The number of nitrogens with one attached hydrogen (secondary N) is 2. The lowest BCUT2D eigenvalue weighted by Gasteiger charge is -2.58. The van der Waals surface area contributed by atoms with Crippen LogP contribution >= 0.6 is 0 Å². The van der Waals surface area contributed by atoms with Crippen molar-refractivity contribution in [3.63, 3.8) is 0 Å². The molecule has 7 rings (SSSR count). The lowest BCUT2D eigenvalue weighted by Crippen LogP contribution is -2.59. The molecule has 1 aromatic rings. The van der Waals surface area contributed by atoms with Crippen molar-refractivity contribution in [2.75, 3.05) is 5.32 Å². The van der Waals surface area contributed by atoms with Gasteiger partial charge in [0, 0.05) is 34.7 Å². The third-order valence-electron chi connectivity index (χ3n) is 7.52. The number of aliphatic hydroxyl groups is 1. The molecule has 26 heavy (non-hydrogen) atoms. The van der Waals surface area contributed by atoms with E-state index in [1.165, 1.54) is 18.4 Å². The molecule has 0 amide bonds. The summed E-state index contributed by atoms with van der Waals surface area (Å²) in [5.41, 5.74) is 3.87. The number of rotatable bonds is 1. The quantitative estimate of drug-likeness (QED) is 0.557. The van der Waals surface area contributed by atoms with Crippen LogP contribution in [-0.4, -0.2) is 39.5 Å². The Hall–Kier alpha value is -1.60. The number of pyridine rings is 1. The van der Waals surface area contributed by atoms with E-state index < -0.39 is 12.7 Å². The Labute approximate surface area is 153 Å². The van der Waals surface area contributed by atoms with Gasteiger partial charge in [-0.1, -0.05) is 0 Å². The van der Waals surface area contributed by atoms with Gasteiger partial charge in [0.05, 0.1) is 11.3 Å². The summed E-state index contributed by atoms with van der Waals surface area (Å²) in [7, 11) is -0.788. The van der Waals surface area contributed by atoms with Crippen molar-refractivity contribution in [2.45, 2.75) is 57.1 Å². The highest BCUT2D eigenvalue weighted by Crippen LogP contribution is 2.59. The maximum Gasteiger partial charge on any atom is 0.465 e. The van der Waals surface area contributed by atoms with Gasteiger partial charge in [-0.2, -0.15) is 5.10 Å². The summed E-state index contributed by atoms with van der Waals surface area (Å²) in [4.78, 5) is 4.55. The summed E-state index contributed by atoms with van der Waals surface area (Å²) in [5, 5.41) is 32.5. The zero-order chi connectivity index (χ0) is 17.6. The van der Waals surface area contributed by atoms with Crippen LogP contribution in [0.3, 0.4) is 0 Å². The van der Waals surface area contributed by atoms with Crippen LogP contribution in [0, 0.1) is 23.7 Å². The first-order valence-electron chi connectivity index (χ1n) is 10.0. The molecule has 0 aromatic carbocycles. The first kappa shape index (κ1) is 15.5. The normalized spacial score (nSPS) is 42.0. The summed E-state index contributed by atoms with van der Waals surface area (Å²) in [6, 6.07) is 0.358. The van der Waals surface area contributed by atoms with E-state index in [2.05, 4.69) is 22.6 Å². The van der Waals surface area contributed by atoms with E-state index >= 15 is 0 Å². The predicted octanol–water partition coefficient (Wildman–Crippen LogP) is 0.620. The van der Waals surface area contributed by atoms with Crippen LogP contribution in [0.1, 0.15) is 50.2 Å². The van der Waals surface area contributed by atoms with E-state index in [-0.39, 0.29) is 0 Å². The highest BCUT2D eigenvalue weighted by molar-refractivity contribution is 6.66. The van der Waals surface area contributed by atoms with Crippen LogP contribution < -0.4 is 16.1 Å². The monoisotopic (exact) mass is 352 g/mol. The van der Waals surface area contributed by atoms with Gasteiger partial charge in [-0.15, -0.1) is 0 Å². The van der Waals surface area contributed by atoms with Crippen LogP contribution in [0.5, 0.6) is 0 Å². The largest absolute Gasteiger partial charge is 0.465 e. The number of hydrogen-bond donors (Lipinski definition) is 4. The van der Waals surface area contributed by atoms with E-state index in [4.69, 9.17) is 5.10 Å².